The highest BCUT2D eigenvalue weighted by atomic mass is 16.4. The molecular formula is C8H13NO2. The summed E-state index contributed by atoms with van der Waals surface area (Å²) in [6, 6.07) is 0.262. The number of hydrogen-bond acceptors (Lipinski definition) is 2. The highest BCUT2D eigenvalue weighted by Crippen LogP contribution is 2.33. The van der Waals surface area contributed by atoms with E-state index < -0.39 is 5.97 Å². The molecule has 2 N–H and O–H groups in total. The van der Waals surface area contributed by atoms with Gasteiger partial charge in [0.2, 0.25) is 0 Å². The minimum Gasteiger partial charge on any atom is -0.481 e. The van der Waals surface area contributed by atoms with Gasteiger partial charge >= 0.3 is 5.97 Å². The molecule has 3 atom stereocenters. The molecule has 0 radical (unpaired) electrons. The molecule has 0 aromatic heterocycles. The van der Waals surface area contributed by atoms with Gasteiger partial charge in [-0.1, -0.05) is 0 Å². The molecule has 0 unspecified atom stereocenters. The number of carboxylic acid groups (broad SMARTS) is 1. The Morgan fingerprint density at radius 2 is 2.27 bits per heavy atom. The van der Waals surface area contributed by atoms with E-state index in [1.54, 1.807) is 0 Å². The summed E-state index contributed by atoms with van der Waals surface area (Å²) in [6.07, 6.45) is 3.18. The lowest BCUT2D eigenvalue weighted by Gasteiger charge is -2.41. The zero-order valence-corrected chi connectivity index (χ0v) is 6.42. The average molecular weight is 155 g/mol. The Hall–Kier alpha value is -0.570. The van der Waals surface area contributed by atoms with Gasteiger partial charge in [0.05, 0.1) is 5.92 Å². The third-order valence-corrected chi connectivity index (χ3v) is 2.94. The lowest BCUT2D eigenvalue weighted by atomic mass is 9.74. The van der Waals surface area contributed by atoms with E-state index in [1.807, 2.05) is 0 Å². The van der Waals surface area contributed by atoms with Crippen LogP contribution < -0.4 is 5.32 Å². The van der Waals surface area contributed by atoms with E-state index in [-0.39, 0.29) is 12.0 Å². The summed E-state index contributed by atoms with van der Waals surface area (Å²) < 4.78 is 0. The minimum atomic E-state index is -0.619. The first kappa shape index (κ1) is 7.10. The number of piperidine rings is 2. The van der Waals surface area contributed by atoms with Crippen LogP contribution in [0.2, 0.25) is 0 Å². The van der Waals surface area contributed by atoms with Crippen LogP contribution in [-0.4, -0.2) is 23.7 Å². The minimum absolute atomic E-state index is 0.109. The third-order valence-electron chi connectivity index (χ3n) is 2.94. The maximum absolute atomic E-state index is 10.7. The predicted molar refractivity (Wildman–Crippen MR) is 40.3 cm³/mol. The standard InChI is InChI=1S/C8H13NO2/c10-8(11)6-3-5-1-2-7(6)9-4-5/h5-7,9H,1-4H2,(H,10,11)/t5-,6-,7-/m1/s1. The number of rotatable bonds is 1. The van der Waals surface area contributed by atoms with Crippen LogP contribution in [-0.2, 0) is 4.79 Å². The molecule has 2 heterocycles. The molecule has 0 aromatic rings. The van der Waals surface area contributed by atoms with Crippen LogP contribution in [0, 0.1) is 11.8 Å². The molecule has 2 bridgehead atoms. The summed E-state index contributed by atoms with van der Waals surface area (Å²) in [5.74, 6) is -0.101. The van der Waals surface area contributed by atoms with Crippen LogP contribution >= 0.6 is 0 Å². The molecule has 62 valence electrons. The molecule has 1 aliphatic carbocycles. The van der Waals surface area contributed by atoms with Crippen LogP contribution in [0.5, 0.6) is 0 Å². The van der Waals surface area contributed by atoms with Gasteiger partial charge in [-0.15, -0.1) is 0 Å². The van der Waals surface area contributed by atoms with Crippen molar-refractivity contribution in [3.63, 3.8) is 0 Å². The molecule has 0 amide bonds. The first-order valence-electron chi connectivity index (χ1n) is 4.23. The number of hydrogen-bond donors (Lipinski definition) is 2. The van der Waals surface area contributed by atoms with E-state index in [0.717, 1.165) is 19.4 Å². The van der Waals surface area contributed by atoms with Crippen LogP contribution in [0.4, 0.5) is 0 Å². The van der Waals surface area contributed by atoms with E-state index >= 15 is 0 Å². The van der Waals surface area contributed by atoms with Gasteiger partial charge in [0.25, 0.3) is 0 Å². The zero-order chi connectivity index (χ0) is 7.84. The molecule has 11 heavy (non-hydrogen) atoms. The molecule has 1 saturated carbocycles. The summed E-state index contributed by atoms with van der Waals surface area (Å²) in [7, 11) is 0. The highest BCUT2D eigenvalue weighted by molar-refractivity contribution is 5.71. The normalized spacial score (nSPS) is 42.4. The van der Waals surface area contributed by atoms with Crippen molar-refractivity contribution in [1.82, 2.24) is 5.32 Å². The first-order chi connectivity index (χ1) is 5.27. The quantitative estimate of drug-likeness (QED) is 0.578. The highest BCUT2D eigenvalue weighted by Gasteiger charge is 2.38. The Labute approximate surface area is 65.8 Å². The second kappa shape index (κ2) is 2.48. The lowest BCUT2D eigenvalue weighted by Crippen LogP contribution is -2.52. The fourth-order valence-electron chi connectivity index (χ4n) is 2.28. The van der Waals surface area contributed by atoms with Gasteiger partial charge in [0, 0.05) is 6.04 Å². The van der Waals surface area contributed by atoms with E-state index in [4.69, 9.17) is 5.11 Å². The Balaban J connectivity index is 2.08. The summed E-state index contributed by atoms with van der Waals surface area (Å²) in [5, 5.41) is 12.1. The fourth-order valence-corrected chi connectivity index (χ4v) is 2.28. The smallest absolute Gasteiger partial charge is 0.308 e. The van der Waals surface area contributed by atoms with Crippen molar-refractivity contribution in [3.05, 3.63) is 0 Å². The Morgan fingerprint density at radius 1 is 1.45 bits per heavy atom. The molecule has 3 nitrogen and oxygen atoms in total. The van der Waals surface area contributed by atoms with Crippen LogP contribution in [0.25, 0.3) is 0 Å². The molecule has 2 saturated heterocycles. The van der Waals surface area contributed by atoms with Gasteiger partial charge in [0.1, 0.15) is 0 Å². The van der Waals surface area contributed by atoms with Crippen LogP contribution in [0.1, 0.15) is 19.3 Å². The molecule has 3 heteroatoms. The van der Waals surface area contributed by atoms with Gasteiger partial charge in [0.15, 0.2) is 0 Å². The number of fused-ring (bicyclic) bond motifs is 3. The Kier molecular flexibility index (Phi) is 1.60. The van der Waals surface area contributed by atoms with Crippen LogP contribution in [0.3, 0.4) is 0 Å². The van der Waals surface area contributed by atoms with E-state index in [9.17, 15) is 4.79 Å². The molecular weight excluding hydrogens is 142 g/mol. The summed E-state index contributed by atoms with van der Waals surface area (Å²) >= 11 is 0. The van der Waals surface area contributed by atoms with Gasteiger partial charge in [-0.3, -0.25) is 4.79 Å². The van der Waals surface area contributed by atoms with Gasteiger partial charge < -0.3 is 10.4 Å². The molecule has 0 spiro atoms. The van der Waals surface area contributed by atoms with E-state index in [1.165, 1.54) is 6.42 Å². The summed E-state index contributed by atoms with van der Waals surface area (Å²) in [5.41, 5.74) is 0. The second-order valence-corrected chi connectivity index (χ2v) is 3.64. The molecule has 2 aliphatic heterocycles. The molecule has 0 aromatic carbocycles. The molecule has 3 rings (SSSR count). The van der Waals surface area contributed by atoms with Crippen molar-refractivity contribution >= 4 is 5.97 Å². The van der Waals surface area contributed by atoms with Crippen molar-refractivity contribution in [3.8, 4) is 0 Å². The zero-order valence-electron chi connectivity index (χ0n) is 6.42. The van der Waals surface area contributed by atoms with Crippen molar-refractivity contribution in [2.45, 2.75) is 25.3 Å². The number of nitrogens with one attached hydrogen (secondary N) is 1. The van der Waals surface area contributed by atoms with Gasteiger partial charge in [-0.25, -0.2) is 0 Å². The summed E-state index contributed by atoms with van der Waals surface area (Å²) in [4.78, 5) is 10.7. The SMILES string of the molecule is O=C(O)[C@@H]1C[C@H]2CC[C@H]1NC2. The van der Waals surface area contributed by atoms with Crippen molar-refractivity contribution < 1.29 is 9.90 Å². The van der Waals surface area contributed by atoms with Crippen molar-refractivity contribution in [1.29, 1.82) is 0 Å². The maximum atomic E-state index is 10.7. The third kappa shape index (κ3) is 1.13. The largest absolute Gasteiger partial charge is 0.481 e. The molecule has 3 fully saturated rings. The number of carbonyl (C=O) groups is 1. The van der Waals surface area contributed by atoms with E-state index in [2.05, 4.69) is 5.32 Å². The fraction of sp³-hybridized carbons (Fsp3) is 0.875. The van der Waals surface area contributed by atoms with Crippen LogP contribution in [0.15, 0.2) is 0 Å². The van der Waals surface area contributed by atoms with E-state index in [0.29, 0.717) is 5.92 Å². The van der Waals surface area contributed by atoms with Gasteiger partial charge in [-0.2, -0.15) is 0 Å². The monoisotopic (exact) mass is 155 g/mol. The maximum Gasteiger partial charge on any atom is 0.308 e. The van der Waals surface area contributed by atoms with Crippen molar-refractivity contribution in [2.75, 3.05) is 6.54 Å². The van der Waals surface area contributed by atoms with Crippen molar-refractivity contribution in [2.24, 2.45) is 11.8 Å². The summed E-state index contributed by atoms with van der Waals surface area (Å²) in [6.45, 7) is 1.04. The Bertz CT molecular complexity index is 173. The first-order valence-corrected chi connectivity index (χ1v) is 4.23. The topological polar surface area (TPSA) is 49.3 Å². The Morgan fingerprint density at radius 3 is 2.55 bits per heavy atom. The molecule has 3 aliphatic rings. The second-order valence-electron chi connectivity index (χ2n) is 3.64. The number of carboxylic acids is 1. The number of aliphatic carboxylic acids is 1. The van der Waals surface area contributed by atoms with Gasteiger partial charge in [-0.05, 0) is 31.7 Å². The lowest BCUT2D eigenvalue weighted by molar-refractivity contribution is -0.145. The average Bonchev–Trinajstić information content (AvgIpc) is 2.06. The predicted octanol–water partition coefficient (Wildman–Crippen LogP) is 0.459.